The summed E-state index contributed by atoms with van der Waals surface area (Å²) in [5, 5.41) is 0. The van der Waals surface area contributed by atoms with Gasteiger partial charge in [0.25, 0.3) is 0 Å². The number of hydrogen-bond donors (Lipinski definition) is 1. The number of ether oxygens (including phenoxy) is 1. The number of para-hydroxylation sites is 1. The molecule has 1 unspecified atom stereocenters. The topological polar surface area (TPSA) is 35.2 Å². The quantitative estimate of drug-likeness (QED) is 0.901. The third-order valence-corrected chi connectivity index (χ3v) is 3.14. The lowest BCUT2D eigenvalue weighted by atomic mass is 10.1. The molecule has 14 heavy (non-hydrogen) atoms. The van der Waals surface area contributed by atoms with E-state index >= 15 is 0 Å². The van der Waals surface area contributed by atoms with Crippen LogP contribution in [0.25, 0.3) is 0 Å². The first-order valence-corrected chi connectivity index (χ1v) is 5.74. The van der Waals surface area contributed by atoms with Crippen molar-refractivity contribution < 1.29 is 4.74 Å². The predicted molar refractivity (Wildman–Crippen MR) is 60.6 cm³/mol. The molecule has 0 fully saturated rings. The normalized spacial score (nSPS) is 19.1. The van der Waals surface area contributed by atoms with E-state index in [1.165, 1.54) is 5.56 Å². The van der Waals surface area contributed by atoms with E-state index < -0.39 is 0 Å². The molecule has 2 N–H and O–H groups in total. The second kappa shape index (κ2) is 4.32. The molecule has 0 aliphatic carbocycles. The summed E-state index contributed by atoms with van der Waals surface area (Å²) >= 11 is 3.49. The van der Waals surface area contributed by atoms with Gasteiger partial charge in [0.05, 0.1) is 4.47 Å². The van der Waals surface area contributed by atoms with E-state index in [1.54, 1.807) is 0 Å². The maximum atomic E-state index is 5.84. The Morgan fingerprint density at radius 3 is 3.07 bits per heavy atom. The molecule has 0 saturated heterocycles. The van der Waals surface area contributed by atoms with E-state index in [2.05, 4.69) is 28.1 Å². The Morgan fingerprint density at radius 1 is 1.50 bits per heavy atom. The van der Waals surface area contributed by atoms with Gasteiger partial charge in [-0.25, -0.2) is 0 Å². The van der Waals surface area contributed by atoms with Crippen molar-refractivity contribution in [1.82, 2.24) is 0 Å². The summed E-state index contributed by atoms with van der Waals surface area (Å²) in [4.78, 5) is 0. The summed E-state index contributed by atoms with van der Waals surface area (Å²) in [6.45, 7) is 0.747. The van der Waals surface area contributed by atoms with Crippen LogP contribution in [0.2, 0.25) is 0 Å². The van der Waals surface area contributed by atoms with Gasteiger partial charge in [-0.3, -0.25) is 0 Å². The summed E-state index contributed by atoms with van der Waals surface area (Å²) in [6, 6.07) is 6.20. The number of hydrogen-bond acceptors (Lipinski definition) is 2. The molecule has 76 valence electrons. The Hall–Kier alpha value is -0.540. The molecule has 2 rings (SSSR count). The molecule has 0 saturated carbocycles. The molecule has 1 heterocycles. The fourth-order valence-electron chi connectivity index (χ4n) is 1.81. The lowest BCUT2D eigenvalue weighted by Crippen LogP contribution is -2.14. The Bertz CT molecular complexity index is 327. The monoisotopic (exact) mass is 255 g/mol. The van der Waals surface area contributed by atoms with E-state index in [0.29, 0.717) is 6.10 Å². The van der Waals surface area contributed by atoms with Crippen LogP contribution in [-0.4, -0.2) is 12.6 Å². The molecule has 1 aromatic carbocycles. The summed E-state index contributed by atoms with van der Waals surface area (Å²) in [5.74, 6) is 1.02. The van der Waals surface area contributed by atoms with Gasteiger partial charge in [0.2, 0.25) is 0 Å². The molecule has 0 aromatic heterocycles. The number of fused-ring (bicyclic) bond motifs is 1. The Balaban J connectivity index is 2.06. The highest BCUT2D eigenvalue weighted by atomic mass is 79.9. The summed E-state index contributed by atoms with van der Waals surface area (Å²) in [5.41, 5.74) is 6.78. The van der Waals surface area contributed by atoms with E-state index in [4.69, 9.17) is 10.5 Å². The fraction of sp³-hybridized carbons (Fsp3) is 0.455. The van der Waals surface area contributed by atoms with Crippen LogP contribution in [0, 0.1) is 0 Å². The second-order valence-corrected chi connectivity index (χ2v) is 4.46. The molecule has 0 amide bonds. The van der Waals surface area contributed by atoms with Crippen molar-refractivity contribution >= 4 is 15.9 Å². The van der Waals surface area contributed by atoms with Crippen LogP contribution in [0.3, 0.4) is 0 Å². The van der Waals surface area contributed by atoms with E-state index in [1.807, 2.05) is 6.07 Å². The van der Waals surface area contributed by atoms with Crippen molar-refractivity contribution in [3.8, 4) is 5.75 Å². The van der Waals surface area contributed by atoms with Gasteiger partial charge in [0.15, 0.2) is 0 Å². The van der Waals surface area contributed by atoms with Crippen molar-refractivity contribution in [3.05, 3.63) is 28.2 Å². The van der Waals surface area contributed by atoms with Crippen LogP contribution < -0.4 is 10.5 Å². The first kappa shape index (κ1) is 9.99. The van der Waals surface area contributed by atoms with Crippen molar-refractivity contribution in [2.75, 3.05) is 6.54 Å². The van der Waals surface area contributed by atoms with Crippen LogP contribution in [0.5, 0.6) is 5.75 Å². The first-order chi connectivity index (χ1) is 6.81. The zero-order valence-corrected chi connectivity index (χ0v) is 9.59. The summed E-state index contributed by atoms with van der Waals surface area (Å²) in [7, 11) is 0. The minimum Gasteiger partial charge on any atom is -0.489 e. The number of halogens is 1. The lowest BCUT2D eigenvalue weighted by Gasteiger charge is -2.09. The Labute approximate surface area is 92.6 Å². The fourth-order valence-corrected chi connectivity index (χ4v) is 2.31. The van der Waals surface area contributed by atoms with Crippen molar-refractivity contribution in [3.63, 3.8) is 0 Å². The third kappa shape index (κ3) is 1.93. The third-order valence-electron chi connectivity index (χ3n) is 2.51. The largest absolute Gasteiger partial charge is 0.489 e. The van der Waals surface area contributed by atoms with Crippen molar-refractivity contribution in [2.45, 2.75) is 25.4 Å². The van der Waals surface area contributed by atoms with Crippen LogP contribution in [0.1, 0.15) is 18.4 Å². The first-order valence-electron chi connectivity index (χ1n) is 4.95. The molecule has 1 atom stereocenters. The van der Waals surface area contributed by atoms with Crippen LogP contribution in [0.4, 0.5) is 0 Å². The van der Waals surface area contributed by atoms with E-state index in [0.717, 1.165) is 36.0 Å². The highest BCUT2D eigenvalue weighted by molar-refractivity contribution is 9.10. The minimum absolute atomic E-state index is 0.326. The highest BCUT2D eigenvalue weighted by Gasteiger charge is 2.23. The molecule has 1 aliphatic rings. The minimum atomic E-state index is 0.326. The Kier molecular flexibility index (Phi) is 3.08. The molecule has 0 bridgehead atoms. The highest BCUT2D eigenvalue weighted by Crippen LogP contribution is 2.36. The maximum Gasteiger partial charge on any atom is 0.137 e. The van der Waals surface area contributed by atoms with E-state index in [9.17, 15) is 0 Å². The summed E-state index contributed by atoms with van der Waals surface area (Å²) < 4.78 is 6.90. The molecule has 3 heteroatoms. The predicted octanol–water partition coefficient (Wildman–Crippen LogP) is 2.49. The molecular formula is C11H14BrNO. The van der Waals surface area contributed by atoms with Crippen LogP contribution >= 0.6 is 15.9 Å². The van der Waals surface area contributed by atoms with Gasteiger partial charge in [0, 0.05) is 6.42 Å². The molecule has 0 radical (unpaired) electrons. The van der Waals surface area contributed by atoms with Crippen LogP contribution in [0.15, 0.2) is 22.7 Å². The molecular weight excluding hydrogens is 242 g/mol. The summed E-state index contributed by atoms with van der Waals surface area (Å²) in [6.07, 6.45) is 3.44. The molecule has 1 aromatic rings. The Morgan fingerprint density at radius 2 is 2.36 bits per heavy atom. The number of rotatable bonds is 3. The number of nitrogens with two attached hydrogens (primary N) is 1. The average Bonchev–Trinajstić information content (AvgIpc) is 2.59. The van der Waals surface area contributed by atoms with Gasteiger partial charge < -0.3 is 10.5 Å². The maximum absolute atomic E-state index is 5.84. The van der Waals surface area contributed by atoms with Gasteiger partial charge in [-0.1, -0.05) is 12.1 Å². The average molecular weight is 256 g/mol. The standard InChI is InChI=1S/C11H14BrNO/c12-10-5-1-3-8-7-9(4-2-6-13)14-11(8)10/h1,3,5,9H,2,4,6-7,13H2. The van der Waals surface area contributed by atoms with Gasteiger partial charge in [0.1, 0.15) is 11.9 Å². The zero-order valence-electron chi connectivity index (χ0n) is 8.00. The SMILES string of the molecule is NCCCC1Cc2cccc(Br)c2O1. The second-order valence-electron chi connectivity index (χ2n) is 3.60. The zero-order chi connectivity index (χ0) is 9.97. The molecule has 0 spiro atoms. The van der Waals surface area contributed by atoms with Gasteiger partial charge >= 0.3 is 0 Å². The van der Waals surface area contributed by atoms with E-state index in [-0.39, 0.29) is 0 Å². The number of benzene rings is 1. The molecule has 1 aliphatic heterocycles. The van der Waals surface area contributed by atoms with Crippen LogP contribution in [-0.2, 0) is 6.42 Å². The van der Waals surface area contributed by atoms with Gasteiger partial charge in [-0.05, 0) is 46.9 Å². The molecule has 2 nitrogen and oxygen atoms in total. The van der Waals surface area contributed by atoms with Gasteiger partial charge in [-0.2, -0.15) is 0 Å². The van der Waals surface area contributed by atoms with Crippen molar-refractivity contribution in [1.29, 1.82) is 0 Å². The lowest BCUT2D eigenvalue weighted by molar-refractivity contribution is 0.218. The van der Waals surface area contributed by atoms with Crippen molar-refractivity contribution in [2.24, 2.45) is 5.73 Å². The smallest absolute Gasteiger partial charge is 0.137 e. The van der Waals surface area contributed by atoms with Gasteiger partial charge in [-0.15, -0.1) is 0 Å².